The Kier molecular flexibility index (Phi) is 6.61. The molecule has 1 atom stereocenters. The molecule has 1 heterocycles. The number of anilines is 2. The molecular weight excluding hydrogens is 422 g/mol. The monoisotopic (exact) mass is 453 g/mol. The van der Waals surface area contributed by atoms with Crippen molar-refractivity contribution in [2.24, 2.45) is 0 Å². The van der Waals surface area contributed by atoms with Crippen molar-refractivity contribution >= 4 is 23.3 Å². The number of rotatable bonds is 4. The normalized spacial score (nSPS) is 17.2. The Morgan fingerprint density at radius 3 is 2.41 bits per heavy atom. The van der Waals surface area contributed by atoms with Crippen molar-refractivity contribution in [1.82, 2.24) is 5.32 Å². The maximum Gasteiger partial charge on any atom is 0.326 e. The first-order valence-corrected chi connectivity index (χ1v) is 12.3. The van der Waals surface area contributed by atoms with Crippen molar-refractivity contribution in [1.29, 1.82) is 0 Å². The zero-order valence-corrected chi connectivity index (χ0v) is 19.4. The Morgan fingerprint density at radius 1 is 0.824 bits per heavy atom. The number of hydrogen-bond acceptors (Lipinski definition) is 2. The predicted molar refractivity (Wildman–Crippen MR) is 136 cm³/mol. The zero-order valence-electron chi connectivity index (χ0n) is 19.4. The highest BCUT2D eigenvalue weighted by Crippen LogP contribution is 2.30. The molecule has 1 aliphatic heterocycles. The number of nitrogens with zero attached hydrogens (tertiary/aromatic N) is 1. The molecule has 0 spiro atoms. The van der Waals surface area contributed by atoms with Crippen molar-refractivity contribution in [3.63, 3.8) is 0 Å². The maximum atomic E-state index is 13.0. The minimum atomic E-state index is -0.115. The van der Waals surface area contributed by atoms with Crippen LogP contribution in [0.5, 0.6) is 0 Å². The second kappa shape index (κ2) is 10.1. The van der Waals surface area contributed by atoms with Gasteiger partial charge in [-0.05, 0) is 79.0 Å². The number of hydrogen-bond donors (Lipinski definition) is 2. The first-order chi connectivity index (χ1) is 16.7. The standard InChI is InChI=1S/C29H31N3O2/c33-28(31-26-13-7-11-22-8-1-3-12-25(22)26)20-21-15-17-24(18-16-21)30-29(34)32-19-6-5-10-23-9-2-4-14-27(23)32/h1-4,8-9,12,14-18,26H,5-7,10-11,13,19-20H2,(H,30,34)(H,31,33)/t26-/m0/s1. The molecule has 0 saturated carbocycles. The number of carbonyl (C=O) groups is 2. The third kappa shape index (κ3) is 4.98. The highest BCUT2D eigenvalue weighted by atomic mass is 16.2. The minimum Gasteiger partial charge on any atom is -0.349 e. The largest absolute Gasteiger partial charge is 0.349 e. The fourth-order valence-corrected chi connectivity index (χ4v) is 5.13. The number of nitrogens with one attached hydrogen (secondary N) is 2. The van der Waals surface area contributed by atoms with Crippen LogP contribution < -0.4 is 15.5 Å². The van der Waals surface area contributed by atoms with Crippen LogP contribution in [-0.4, -0.2) is 18.5 Å². The van der Waals surface area contributed by atoms with Gasteiger partial charge in [-0.1, -0.05) is 54.6 Å². The Balaban J connectivity index is 1.19. The number of amides is 3. The van der Waals surface area contributed by atoms with E-state index in [9.17, 15) is 9.59 Å². The van der Waals surface area contributed by atoms with Crippen LogP contribution in [0.25, 0.3) is 0 Å². The summed E-state index contributed by atoms with van der Waals surface area (Å²) in [5.41, 5.74) is 6.46. The van der Waals surface area contributed by atoms with E-state index < -0.39 is 0 Å². The Hall–Kier alpha value is -3.60. The van der Waals surface area contributed by atoms with E-state index in [1.807, 2.05) is 53.4 Å². The van der Waals surface area contributed by atoms with Gasteiger partial charge < -0.3 is 10.6 Å². The molecule has 0 aromatic heterocycles. The summed E-state index contributed by atoms with van der Waals surface area (Å²) in [4.78, 5) is 27.6. The van der Waals surface area contributed by atoms with Gasteiger partial charge in [0.05, 0.1) is 12.5 Å². The SMILES string of the molecule is O=C(Cc1ccc(NC(=O)N2CCCCc3ccccc32)cc1)N[C@H]1CCCc2ccccc21. The van der Waals surface area contributed by atoms with Gasteiger partial charge in [-0.25, -0.2) is 4.79 Å². The smallest absolute Gasteiger partial charge is 0.326 e. The molecule has 5 heteroatoms. The summed E-state index contributed by atoms with van der Waals surface area (Å²) in [6.07, 6.45) is 6.56. The van der Waals surface area contributed by atoms with Gasteiger partial charge in [0.2, 0.25) is 5.91 Å². The highest BCUT2D eigenvalue weighted by Gasteiger charge is 2.22. The Bertz CT molecular complexity index is 1170. The van der Waals surface area contributed by atoms with E-state index in [2.05, 4.69) is 34.9 Å². The fraction of sp³-hybridized carbons (Fsp3) is 0.310. The van der Waals surface area contributed by atoms with Crippen LogP contribution in [0.4, 0.5) is 16.2 Å². The lowest BCUT2D eigenvalue weighted by Crippen LogP contribution is -2.35. The Labute approximate surface area is 201 Å². The van der Waals surface area contributed by atoms with Gasteiger partial charge in [-0.3, -0.25) is 9.69 Å². The van der Waals surface area contributed by atoms with Gasteiger partial charge in [0.25, 0.3) is 0 Å². The van der Waals surface area contributed by atoms with Crippen LogP contribution >= 0.6 is 0 Å². The van der Waals surface area contributed by atoms with Gasteiger partial charge in [0.15, 0.2) is 0 Å². The van der Waals surface area contributed by atoms with E-state index in [1.54, 1.807) is 0 Å². The number of fused-ring (bicyclic) bond motifs is 2. The lowest BCUT2D eigenvalue weighted by atomic mass is 9.87. The molecule has 2 N–H and O–H groups in total. The molecule has 3 aromatic carbocycles. The second-order valence-electron chi connectivity index (χ2n) is 9.25. The summed E-state index contributed by atoms with van der Waals surface area (Å²) >= 11 is 0. The summed E-state index contributed by atoms with van der Waals surface area (Å²) < 4.78 is 0. The summed E-state index contributed by atoms with van der Waals surface area (Å²) in [6.45, 7) is 0.714. The molecule has 0 unspecified atom stereocenters. The second-order valence-corrected chi connectivity index (χ2v) is 9.25. The lowest BCUT2D eigenvalue weighted by molar-refractivity contribution is -0.121. The summed E-state index contributed by atoms with van der Waals surface area (Å²) in [5, 5.41) is 6.24. The average molecular weight is 454 g/mol. The van der Waals surface area contributed by atoms with Crippen LogP contribution in [0.1, 0.15) is 54.0 Å². The van der Waals surface area contributed by atoms with Gasteiger partial charge in [0.1, 0.15) is 0 Å². The number of carbonyl (C=O) groups excluding carboxylic acids is 2. The number of para-hydroxylation sites is 1. The maximum absolute atomic E-state index is 13.0. The molecule has 0 bridgehead atoms. The molecule has 34 heavy (non-hydrogen) atoms. The third-order valence-electron chi connectivity index (χ3n) is 6.88. The van der Waals surface area contributed by atoms with Crippen molar-refractivity contribution in [3.8, 4) is 0 Å². The first kappa shape index (κ1) is 22.2. The predicted octanol–water partition coefficient (Wildman–Crippen LogP) is 5.80. The lowest BCUT2D eigenvalue weighted by Gasteiger charge is -2.26. The van der Waals surface area contributed by atoms with Crippen molar-refractivity contribution in [3.05, 3.63) is 95.1 Å². The van der Waals surface area contributed by atoms with Crippen LogP contribution in [0.3, 0.4) is 0 Å². The first-order valence-electron chi connectivity index (χ1n) is 12.3. The summed E-state index contributed by atoms with van der Waals surface area (Å²) in [7, 11) is 0. The molecule has 3 aromatic rings. The van der Waals surface area contributed by atoms with Gasteiger partial charge >= 0.3 is 6.03 Å². The summed E-state index contributed by atoms with van der Waals surface area (Å²) in [5.74, 6) is 0.0275. The van der Waals surface area contributed by atoms with E-state index in [0.717, 1.165) is 55.5 Å². The van der Waals surface area contributed by atoms with Gasteiger partial charge in [-0.15, -0.1) is 0 Å². The van der Waals surface area contributed by atoms with Crippen LogP contribution in [0, 0.1) is 0 Å². The van der Waals surface area contributed by atoms with Crippen molar-refractivity contribution < 1.29 is 9.59 Å². The van der Waals surface area contributed by atoms with E-state index in [-0.39, 0.29) is 18.0 Å². The van der Waals surface area contributed by atoms with Crippen LogP contribution in [0.15, 0.2) is 72.8 Å². The van der Waals surface area contributed by atoms with Gasteiger partial charge in [0, 0.05) is 17.9 Å². The fourth-order valence-electron chi connectivity index (χ4n) is 5.13. The van der Waals surface area contributed by atoms with Crippen molar-refractivity contribution in [2.75, 3.05) is 16.8 Å². The number of aryl methyl sites for hydroxylation is 2. The van der Waals surface area contributed by atoms with E-state index in [0.29, 0.717) is 13.0 Å². The number of urea groups is 1. The molecule has 174 valence electrons. The quantitative estimate of drug-likeness (QED) is 0.525. The van der Waals surface area contributed by atoms with Crippen LogP contribution in [-0.2, 0) is 24.1 Å². The number of benzene rings is 3. The molecule has 2 aliphatic rings. The molecule has 0 radical (unpaired) electrons. The van der Waals surface area contributed by atoms with Gasteiger partial charge in [-0.2, -0.15) is 0 Å². The Morgan fingerprint density at radius 2 is 1.56 bits per heavy atom. The van der Waals surface area contributed by atoms with E-state index in [1.165, 1.54) is 16.7 Å². The average Bonchev–Trinajstić information content (AvgIpc) is 3.08. The molecule has 0 saturated heterocycles. The topological polar surface area (TPSA) is 61.4 Å². The zero-order chi connectivity index (χ0) is 23.3. The molecule has 5 rings (SSSR count). The molecule has 1 aliphatic carbocycles. The molecule has 5 nitrogen and oxygen atoms in total. The molecule has 3 amide bonds. The van der Waals surface area contributed by atoms with Crippen LogP contribution in [0.2, 0.25) is 0 Å². The highest BCUT2D eigenvalue weighted by molar-refractivity contribution is 6.02. The van der Waals surface area contributed by atoms with E-state index >= 15 is 0 Å². The molecular formula is C29H31N3O2. The minimum absolute atomic E-state index is 0.0275. The van der Waals surface area contributed by atoms with Crippen molar-refractivity contribution in [2.45, 2.75) is 51.0 Å². The molecule has 0 fully saturated rings. The summed E-state index contributed by atoms with van der Waals surface area (Å²) in [6, 6.07) is 24.1. The third-order valence-corrected chi connectivity index (χ3v) is 6.88. The van der Waals surface area contributed by atoms with E-state index in [4.69, 9.17) is 0 Å².